The van der Waals surface area contributed by atoms with Gasteiger partial charge in [0, 0.05) is 24.7 Å². The molecule has 0 radical (unpaired) electrons. The molecule has 2 heterocycles. The first-order chi connectivity index (χ1) is 9.79. The molecule has 2 aromatic rings. The Morgan fingerprint density at radius 1 is 1.50 bits per heavy atom. The van der Waals surface area contributed by atoms with E-state index in [1.54, 1.807) is 17.2 Å². The molecule has 0 aromatic carbocycles. The quantitative estimate of drug-likeness (QED) is 0.807. The topological polar surface area (TPSA) is 81.9 Å². The molecule has 0 aliphatic rings. The van der Waals surface area contributed by atoms with E-state index in [1.807, 2.05) is 19.1 Å². The van der Waals surface area contributed by atoms with Crippen molar-refractivity contribution in [3.8, 4) is 5.88 Å². The van der Waals surface area contributed by atoms with Gasteiger partial charge in [0.05, 0.1) is 13.2 Å². The van der Waals surface area contributed by atoms with Crippen LogP contribution in [0.2, 0.25) is 0 Å². The maximum absolute atomic E-state index is 11.7. The van der Waals surface area contributed by atoms with Gasteiger partial charge in [-0.05, 0) is 13.0 Å². The number of pyridine rings is 1. The van der Waals surface area contributed by atoms with Gasteiger partial charge < -0.3 is 10.1 Å². The van der Waals surface area contributed by atoms with Crippen molar-refractivity contribution in [2.75, 3.05) is 6.61 Å². The lowest BCUT2D eigenvalue weighted by atomic mass is 10.2. The monoisotopic (exact) mass is 275 g/mol. The van der Waals surface area contributed by atoms with Crippen LogP contribution in [0.15, 0.2) is 31.0 Å². The molecule has 0 saturated carbocycles. The molecule has 0 bridgehead atoms. The molecule has 0 fully saturated rings. The molecule has 1 amide bonds. The molecular weight excluding hydrogens is 258 g/mol. The van der Waals surface area contributed by atoms with Gasteiger partial charge in [-0.1, -0.05) is 6.07 Å². The van der Waals surface area contributed by atoms with Crippen LogP contribution in [0.4, 0.5) is 0 Å². The second-order valence-electron chi connectivity index (χ2n) is 4.09. The Morgan fingerprint density at radius 3 is 3.15 bits per heavy atom. The summed E-state index contributed by atoms with van der Waals surface area (Å²) in [7, 11) is 0. The highest BCUT2D eigenvalue weighted by molar-refractivity contribution is 5.75. The third kappa shape index (κ3) is 4.04. The fourth-order valence-electron chi connectivity index (χ4n) is 1.67. The molecule has 0 atom stereocenters. The van der Waals surface area contributed by atoms with E-state index in [4.69, 9.17) is 4.74 Å². The molecule has 0 spiro atoms. The third-order valence-electron chi connectivity index (χ3n) is 2.64. The summed E-state index contributed by atoms with van der Waals surface area (Å²) in [5, 5.41) is 6.78. The Hall–Kier alpha value is -2.44. The van der Waals surface area contributed by atoms with Crippen molar-refractivity contribution in [1.82, 2.24) is 25.1 Å². The van der Waals surface area contributed by atoms with Gasteiger partial charge in [0.25, 0.3) is 0 Å². The van der Waals surface area contributed by atoms with E-state index in [-0.39, 0.29) is 5.91 Å². The van der Waals surface area contributed by atoms with Gasteiger partial charge in [0.15, 0.2) is 0 Å². The Labute approximate surface area is 117 Å². The summed E-state index contributed by atoms with van der Waals surface area (Å²) in [6.07, 6.45) is 5.05. The van der Waals surface area contributed by atoms with E-state index in [2.05, 4.69) is 20.4 Å². The van der Waals surface area contributed by atoms with Crippen molar-refractivity contribution in [3.63, 3.8) is 0 Å². The molecule has 2 rings (SSSR count). The first-order valence-corrected chi connectivity index (χ1v) is 6.45. The second kappa shape index (κ2) is 7.22. The zero-order chi connectivity index (χ0) is 14.2. The molecule has 7 heteroatoms. The fraction of sp³-hybridized carbons (Fsp3) is 0.385. The molecule has 20 heavy (non-hydrogen) atoms. The number of amides is 1. The van der Waals surface area contributed by atoms with Crippen LogP contribution in [-0.2, 0) is 17.9 Å². The number of nitrogens with one attached hydrogen (secondary N) is 1. The van der Waals surface area contributed by atoms with Crippen molar-refractivity contribution in [1.29, 1.82) is 0 Å². The highest BCUT2D eigenvalue weighted by atomic mass is 16.5. The molecule has 0 saturated heterocycles. The largest absolute Gasteiger partial charge is 0.478 e. The predicted molar refractivity (Wildman–Crippen MR) is 71.9 cm³/mol. The van der Waals surface area contributed by atoms with Crippen molar-refractivity contribution in [3.05, 3.63) is 36.5 Å². The summed E-state index contributed by atoms with van der Waals surface area (Å²) in [6, 6.07) is 3.70. The molecular formula is C13H17N5O2. The van der Waals surface area contributed by atoms with E-state index in [0.717, 1.165) is 5.56 Å². The Kier molecular flexibility index (Phi) is 5.05. The van der Waals surface area contributed by atoms with Crippen LogP contribution in [0.3, 0.4) is 0 Å². The summed E-state index contributed by atoms with van der Waals surface area (Å²) >= 11 is 0. The lowest BCUT2D eigenvalue weighted by Crippen LogP contribution is -2.24. The first kappa shape index (κ1) is 14.0. The molecule has 0 aliphatic carbocycles. The van der Waals surface area contributed by atoms with E-state index in [1.165, 1.54) is 6.33 Å². The van der Waals surface area contributed by atoms with Gasteiger partial charge >= 0.3 is 0 Å². The molecule has 0 unspecified atom stereocenters. The zero-order valence-electron chi connectivity index (χ0n) is 11.3. The average Bonchev–Trinajstić information content (AvgIpc) is 2.98. The Bertz CT molecular complexity index is 541. The van der Waals surface area contributed by atoms with Crippen molar-refractivity contribution >= 4 is 5.91 Å². The van der Waals surface area contributed by atoms with Crippen molar-refractivity contribution < 1.29 is 9.53 Å². The highest BCUT2D eigenvalue weighted by Crippen LogP contribution is 2.13. The lowest BCUT2D eigenvalue weighted by Gasteiger charge is -2.09. The molecule has 1 N–H and O–H groups in total. The number of carbonyl (C=O) groups excluding carboxylic acids is 1. The van der Waals surface area contributed by atoms with Crippen LogP contribution in [0.25, 0.3) is 0 Å². The van der Waals surface area contributed by atoms with Crippen LogP contribution >= 0.6 is 0 Å². The van der Waals surface area contributed by atoms with Gasteiger partial charge in [-0.2, -0.15) is 5.10 Å². The summed E-state index contributed by atoms with van der Waals surface area (Å²) in [4.78, 5) is 19.7. The highest BCUT2D eigenvalue weighted by Gasteiger charge is 2.07. The molecule has 2 aromatic heterocycles. The minimum Gasteiger partial charge on any atom is -0.478 e. The predicted octanol–water partition coefficient (Wildman–Crippen LogP) is 0.778. The van der Waals surface area contributed by atoms with Crippen LogP contribution in [-0.4, -0.2) is 32.3 Å². The van der Waals surface area contributed by atoms with Crippen LogP contribution in [0, 0.1) is 0 Å². The minimum absolute atomic E-state index is 0.0493. The number of hydrogen-bond donors (Lipinski definition) is 1. The number of hydrogen-bond acceptors (Lipinski definition) is 5. The maximum atomic E-state index is 11.7. The number of aromatic nitrogens is 4. The summed E-state index contributed by atoms with van der Waals surface area (Å²) < 4.78 is 7.02. The molecule has 7 nitrogen and oxygen atoms in total. The number of rotatable bonds is 7. The number of nitrogens with zero attached hydrogens (tertiary/aromatic N) is 4. The summed E-state index contributed by atoms with van der Waals surface area (Å²) in [5.41, 5.74) is 0.864. The van der Waals surface area contributed by atoms with E-state index in [9.17, 15) is 4.79 Å². The van der Waals surface area contributed by atoms with E-state index in [0.29, 0.717) is 32.0 Å². The van der Waals surface area contributed by atoms with Crippen molar-refractivity contribution in [2.45, 2.75) is 26.4 Å². The molecule has 0 aliphatic heterocycles. The average molecular weight is 275 g/mol. The summed E-state index contributed by atoms with van der Waals surface area (Å²) in [6.45, 7) is 3.36. The number of aryl methyl sites for hydroxylation is 1. The third-order valence-corrected chi connectivity index (χ3v) is 2.64. The van der Waals surface area contributed by atoms with Crippen molar-refractivity contribution in [2.24, 2.45) is 0 Å². The molecule has 106 valence electrons. The van der Waals surface area contributed by atoms with Crippen LogP contribution < -0.4 is 10.1 Å². The SMILES string of the molecule is CCOc1ncccc1CNC(=O)CCn1cncn1. The first-order valence-electron chi connectivity index (χ1n) is 6.45. The van der Waals surface area contributed by atoms with E-state index >= 15 is 0 Å². The minimum atomic E-state index is -0.0493. The smallest absolute Gasteiger partial charge is 0.222 e. The van der Waals surface area contributed by atoms with E-state index < -0.39 is 0 Å². The van der Waals surface area contributed by atoms with Gasteiger partial charge in [0.1, 0.15) is 12.7 Å². The zero-order valence-corrected chi connectivity index (χ0v) is 11.3. The fourth-order valence-corrected chi connectivity index (χ4v) is 1.67. The Balaban J connectivity index is 1.81. The lowest BCUT2D eigenvalue weighted by molar-refractivity contribution is -0.121. The van der Waals surface area contributed by atoms with Gasteiger partial charge in [-0.25, -0.2) is 9.97 Å². The van der Waals surface area contributed by atoms with Crippen LogP contribution in [0.5, 0.6) is 5.88 Å². The van der Waals surface area contributed by atoms with Gasteiger partial charge in [-0.15, -0.1) is 0 Å². The van der Waals surface area contributed by atoms with Gasteiger partial charge in [-0.3, -0.25) is 9.48 Å². The number of ether oxygens (including phenoxy) is 1. The number of carbonyl (C=O) groups is 1. The second-order valence-corrected chi connectivity index (χ2v) is 4.09. The van der Waals surface area contributed by atoms with Crippen LogP contribution in [0.1, 0.15) is 18.9 Å². The Morgan fingerprint density at radius 2 is 2.40 bits per heavy atom. The summed E-state index contributed by atoms with van der Waals surface area (Å²) in [5.74, 6) is 0.512. The van der Waals surface area contributed by atoms with Gasteiger partial charge in [0.2, 0.25) is 11.8 Å². The maximum Gasteiger partial charge on any atom is 0.222 e. The normalized spacial score (nSPS) is 10.2. The standard InChI is InChI=1S/C13H17N5O2/c1-2-20-13-11(4-3-6-15-13)8-16-12(19)5-7-18-10-14-9-17-18/h3-4,6,9-10H,2,5,7-8H2,1H3,(H,16,19).